The number of hydrogen-bond acceptors (Lipinski definition) is 7. The number of carboxylic acids is 1. The fraction of sp³-hybridized carbons (Fsp3) is 0.286. The van der Waals surface area contributed by atoms with Gasteiger partial charge in [-0.05, 0) is 49.7 Å². The molecule has 0 saturated carbocycles. The first-order chi connectivity index (χ1) is 17.6. The second-order valence-electron chi connectivity index (χ2n) is 8.81. The number of morpholine rings is 1. The number of anilines is 2. The number of aromatic carboxylic acids is 1. The zero-order valence-electron chi connectivity index (χ0n) is 19.9. The standard InChI is InChI=1S/C28H27N5O3/c1-2-19-6-5-7-21(16-19)30-27-26-23(22-10-9-20(28(34)35)17-24(22)31-27)18-29-25(32-26)8-3-4-11-33-12-14-36-15-13-33/h1,5-7,9-10,16-18H,3-4,8,11-15H2,(H,30,31)(H,34,35). The molecule has 0 aliphatic carbocycles. The van der Waals surface area contributed by atoms with E-state index >= 15 is 0 Å². The molecule has 0 bridgehead atoms. The van der Waals surface area contributed by atoms with Crippen LogP contribution >= 0.6 is 0 Å². The number of nitrogens with zero attached hydrogens (tertiary/aromatic N) is 4. The minimum Gasteiger partial charge on any atom is -0.478 e. The molecule has 4 aromatic rings. The molecule has 3 heterocycles. The maximum absolute atomic E-state index is 11.5. The lowest BCUT2D eigenvalue weighted by atomic mass is 10.1. The van der Waals surface area contributed by atoms with Gasteiger partial charge in [-0.25, -0.2) is 19.7 Å². The second kappa shape index (κ2) is 10.7. The van der Waals surface area contributed by atoms with Gasteiger partial charge in [-0.1, -0.05) is 18.1 Å². The molecular weight excluding hydrogens is 454 g/mol. The van der Waals surface area contributed by atoms with E-state index in [0.717, 1.165) is 80.0 Å². The highest BCUT2D eigenvalue weighted by Gasteiger charge is 2.15. The Morgan fingerprint density at radius 2 is 1.97 bits per heavy atom. The Hall–Kier alpha value is -4.06. The highest BCUT2D eigenvalue weighted by molar-refractivity contribution is 6.09. The van der Waals surface area contributed by atoms with Gasteiger partial charge in [0.05, 0.1) is 24.3 Å². The van der Waals surface area contributed by atoms with Crippen molar-refractivity contribution in [1.29, 1.82) is 0 Å². The van der Waals surface area contributed by atoms with Gasteiger partial charge in [-0.3, -0.25) is 4.90 Å². The van der Waals surface area contributed by atoms with Crippen molar-refractivity contribution < 1.29 is 14.6 Å². The Morgan fingerprint density at radius 3 is 2.78 bits per heavy atom. The minimum atomic E-state index is -1.00. The number of nitrogens with one attached hydrogen (secondary N) is 1. The van der Waals surface area contributed by atoms with Crippen LogP contribution in [0, 0.1) is 12.3 Å². The molecule has 5 rings (SSSR count). The quantitative estimate of drug-likeness (QED) is 0.219. The summed E-state index contributed by atoms with van der Waals surface area (Å²) in [6.07, 6.45) is 10.2. The van der Waals surface area contributed by atoms with Gasteiger partial charge >= 0.3 is 5.97 Å². The first-order valence-electron chi connectivity index (χ1n) is 12.1. The van der Waals surface area contributed by atoms with E-state index in [0.29, 0.717) is 16.9 Å². The molecule has 182 valence electrons. The monoisotopic (exact) mass is 481 g/mol. The number of ether oxygens (including phenoxy) is 1. The number of carboxylic acid groups (broad SMARTS) is 1. The van der Waals surface area contributed by atoms with Crippen molar-refractivity contribution in [3.63, 3.8) is 0 Å². The molecule has 1 fully saturated rings. The molecule has 0 radical (unpaired) electrons. The highest BCUT2D eigenvalue weighted by atomic mass is 16.5. The predicted octanol–water partition coefficient (Wildman–Crippen LogP) is 4.26. The van der Waals surface area contributed by atoms with E-state index in [1.165, 1.54) is 0 Å². The zero-order chi connectivity index (χ0) is 24.9. The van der Waals surface area contributed by atoms with Crippen LogP contribution in [0.4, 0.5) is 11.5 Å². The summed E-state index contributed by atoms with van der Waals surface area (Å²) in [7, 11) is 0. The van der Waals surface area contributed by atoms with Crippen LogP contribution in [0.15, 0.2) is 48.7 Å². The number of aromatic nitrogens is 3. The molecule has 2 aromatic heterocycles. The van der Waals surface area contributed by atoms with Crippen molar-refractivity contribution in [3.05, 3.63) is 65.6 Å². The van der Waals surface area contributed by atoms with E-state index in [1.807, 2.05) is 30.5 Å². The predicted molar refractivity (Wildman–Crippen MR) is 140 cm³/mol. The Balaban J connectivity index is 1.46. The van der Waals surface area contributed by atoms with Gasteiger partial charge in [0.2, 0.25) is 0 Å². The van der Waals surface area contributed by atoms with Gasteiger partial charge in [-0.15, -0.1) is 6.42 Å². The van der Waals surface area contributed by atoms with E-state index < -0.39 is 5.97 Å². The molecule has 1 aliphatic heterocycles. The maximum Gasteiger partial charge on any atom is 0.335 e. The van der Waals surface area contributed by atoms with Crippen LogP contribution in [-0.4, -0.2) is 63.8 Å². The molecular formula is C28H27N5O3. The number of terminal acetylenes is 1. The Bertz CT molecular complexity index is 1460. The van der Waals surface area contributed by atoms with Crippen LogP contribution in [-0.2, 0) is 11.2 Å². The van der Waals surface area contributed by atoms with Crippen LogP contribution in [0.3, 0.4) is 0 Å². The molecule has 0 unspecified atom stereocenters. The largest absolute Gasteiger partial charge is 0.478 e. The van der Waals surface area contributed by atoms with Crippen molar-refractivity contribution >= 4 is 39.3 Å². The van der Waals surface area contributed by atoms with Gasteiger partial charge < -0.3 is 15.2 Å². The molecule has 36 heavy (non-hydrogen) atoms. The molecule has 2 N–H and O–H groups in total. The van der Waals surface area contributed by atoms with Crippen molar-refractivity contribution in [1.82, 2.24) is 19.9 Å². The molecule has 0 atom stereocenters. The number of unbranched alkanes of at least 4 members (excludes halogenated alkanes) is 1. The molecule has 2 aromatic carbocycles. The van der Waals surface area contributed by atoms with E-state index in [2.05, 4.69) is 21.1 Å². The van der Waals surface area contributed by atoms with E-state index in [4.69, 9.17) is 21.1 Å². The van der Waals surface area contributed by atoms with E-state index in [1.54, 1.807) is 18.2 Å². The van der Waals surface area contributed by atoms with Crippen molar-refractivity contribution in [2.75, 3.05) is 38.2 Å². The molecule has 0 amide bonds. The third-order valence-electron chi connectivity index (χ3n) is 6.35. The maximum atomic E-state index is 11.5. The summed E-state index contributed by atoms with van der Waals surface area (Å²) in [6.45, 7) is 4.65. The summed E-state index contributed by atoms with van der Waals surface area (Å²) in [6, 6.07) is 12.4. The number of benzene rings is 2. The Labute approximate surface area is 209 Å². The van der Waals surface area contributed by atoms with Crippen LogP contribution in [0.1, 0.15) is 34.6 Å². The van der Waals surface area contributed by atoms with Crippen LogP contribution in [0.2, 0.25) is 0 Å². The smallest absolute Gasteiger partial charge is 0.335 e. The van der Waals surface area contributed by atoms with Crippen LogP contribution < -0.4 is 5.32 Å². The van der Waals surface area contributed by atoms with Crippen molar-refractivity contribution in [2.24, 2.45) is 0 Å². The molecule has 1 aliphatic rings. The fourth-order valence-electron chi connectivity index (χ4n) is 4.43. The third-order valence-corrected chi connectivity index (χ3v) is 6.35. The summed E-state index contributed by atoms with van der Waals surface area (Å²) in [5.41, 5.74) is 2.94. The highest BCUT2D eigenvalue weighted by Crippen LogP contribution is 2.30. The lowest BCUT2D eigenvalue weighted by Crippen LogP contribution is -2.36. The molecule has 8 nitrogen and oxygen atoms in total. The van der Waals surface area contributed by atoms with Gasteiger partial charge in [0.25, 0.3) is 0 Å². The number of pyridine rings is 1. The number of rotatable bonds is 8. The normalized spacial score (nSPS) is 14.1. The van der Waals surface area contributed by atoms with E-state index in [-0.39, 0.29) is 5.56 Å². The Kier molecular flexibility index (Phi) is 7.03. The fourth-order valence-corrected chi connectivity index (χ4v) is 4.43. The average Bonchev–Trinajstić information content (AvgIpc) is 2.91. The molecule has 0 spiro atoms. The van der Waals surface area contributed by atoms with Gasteiger partial charge in [0.1, 0.15) is 11.3 Å². The second-order valence-corrected chi connectivity index (χ2v) is 8.81. The SMILES string of the molecule is C#Cc1cccc(Nc2nc3cc(C(=O)O)ccc3c3cnc(CCCCN4CCOCC4)nc23)c1. The Morgan fingerprint density at radius 1 is 1.11 bits per heavy atom. The van der Waals surface area contributed by atoms with Gasteiger partial charge in [-0.2, -0.15) is 0 Å². The first kappa shape index (κ1) is 23.7. The summed E-state index contributed by atoms with van der Waals surface area (Å²) in [4.78, 5) is 28.2. The molecule has 1 saturated heterocycles. The van der Waals surface area contributed by atoms with Crippen LogP contribution in [0.5, 0.6) is 0 Å². The number of aryl methyl sites for hydroxylation is 1. The lowest BCUT2D eigenvalue weighted by molar-refractivity contribution is 0.0372. The van der Waals surface area contributed by atoms with Crippen LogP contribution in [0.25, 0.3) is 21.8 Å². The number of carbonyl (C=O) groups is 1. The topological polar surface area (TPSA) is 100 Å². The lowest BCUT2D eigenvalue weighted by Gasteiger charge is -2.26. The van der Waals surface area contributed by atoms with Crippen molar-refractivity contribution in [3.8, 4) is 12.3 Å². The van der Waals surface area contributed by atoms with E-state index in [9.17, 15) is 9.90 Å². The van der Waals surface area contributed by atoms with Crippen molar-refractivity contribution in [2.45, 2.75) is 19.3 Å². The first-order valence-corrected chi connectivity index (χ1v) is 12.1. The summed E-state index contributed by atoms with van der Waals surface area (Å²) >= 11 is 0. The zero-order valence-corrected chi connectivity index (χ0v) is 19.9. The number of fused-ring (bicyclic) bond motifs is 3. The third kappa shape index (κ3) is 5.28. The number of hydrogen-bond donors (Lipinski definition) is 2. The summed E-state index contributed by atoms with van der Waals surface area (Å²) in [5.74, 6) is 2.93. The summed E-state index contributed by atoms with van der Waals surface area (Å²) < 4.78 is 5.42. The molecule has 8 heteroatoms. The van der Waals surface area contributed by atoms with Gasteiger partial charge in [0.15, 0.2) is 5.82 Å². The van der Waals surface area contributed by atoms with Gasteiger partial charge in [0, 0.05) is 47.7 Å². The minimum absolute atomic E-state index is 0.174. The average molecular weight is 482 g/mol. The summed E-state index contributed by atoms with van der Waals surface area (Å²) in [5, 5.41) is 14.4.